The molecule has 1 fully saturated rings. The van der Waals surface area contributed by atoms with Crippen molar-refractivity contribution in [1.29, 1.82) is 0 Å². The number of rotatable bonds is 3. The number of carbonyl (C=O) groups is 2. The van der Waals surface area contributed by atoms with Gasteiger partial charge < -0.3 is 10.0 Å². The van der Waals surface area contributed by atoms with E-state index in [1.807, 2.05) is 24.3 Å². The van der Waals surface area contributed by atoms with E-state index >= 15 is 0 Å². The van der Waals surface area contributed by atoms with E-state index in [2.05, 4.69) is 31.4 Å². The average molecular weight is 397 g/mol. The molecule has 23 heavy (non-hydrogen) atoms. The van der Waals surface area contributed by atoms with Gasteiger partial charge in [0.15, 0.2) is 0 Å². The highest BCUT2D eigenvalue weighted by atomic mass is 79.9. The molecule has 0 saturated carbocycles. The minimum absolute atomic E-state index is 0.221. The molecule has 0 bridgehead atoms. The van der Waals surface area contributed by atoms with Crippen molar-refractivity contribution in [3.05, 3.63) is 28.7 Å². The highest BCUT2D eigenvalue weighted by Gasteiger charge is 2.31. The number of carbonyl (C=O) groups excluding carboxylic acids is 1. The lowest BCUT2D eigenvalue weighted by Crippen LogP contribution is -2.33. The van der Waals surface area contributed by atoms with Crippen LogP contribution in [0.2, 0.25) is 0 Å². The van der Waals surface area contributed by atoms with Crippen molar-refractivity contribution in [2.24, 2.45) is 5.92 Å². The molecule has 2 amide bonds. The van der Waals surface area contributed by atoms with Crippen LogP contribution in [0.25, 0.3) is 10.6 Å². The van der Waals surface area contributed by atoms with Crippen LogP contribution < -0.4 is 5.32 Å². The molecule has 2 aromatic rings. The summed E-state index contributed by atoms with van der Waals surface area (Å²) in [6.07, 6.45) is 0.474. The summed E-state index contributed by atoms with van der Waals surface area (Å²) in [7, 11) is 0. The maximum absolute atomic E-state index is 12.1. The third-order valence-electron chi connectivity index (χ3n) is 3.54. The molecule has 7 nitrogen and oxygen atoms in total. The summed E-state index contributed by atoms with van der Waals surface area (Å²) in [5.74, 6) is -1.36. The van der Waals surface area contributed by atoms with Crippen LogP contribution >= 0.6 is 27.3 Å². The maximum Gasteiger partial charge on any atom is 0.323 e. The Morgan fingerprint density at radius 2 is 2.22 bits per heavy atom. The molecular weight excluding hydrogens is 384 g/mol. The Morgan fingerprint density at radius 3 is 2.91 bits per heavy atom. The van der Waals surface area contributed by atoms with Gasteiger partial charge in [0, 0.05) is 23.1 Å². The number of carboxylic acid groups (broad SMARTS) is 1. The van der Waals surface area contributed by atoms with Crippen LogP contribution in [0.4, 0.5) is 9.93 Å². The van der Waals surface area contributed by atoms with Gasteiger partial charge in [-0.05, 0) is 18.6 Å². The number of amides is 2. The first-order valence-electron chi connectivity index (χ1n) is 6.91. The number of benzene rings is 1. The van der Waals surface area contributed by atoms with Gasteiger partial charge in [-0.3, -0.25) is 10.1 Å². The van der Waals surface area contributed by atoms with Crippen molar-refractivity contribution in [3.63, 3.8) is 0 Å². The highest BCUT2D eigenvalue weighted by molar-refractivity contribution is 9.10. The molecule has 0 aliphatic carbocycles. The summed E-state index contributed by atoms with van der Waals surface area (Å²) in [6.45, 7) is 0.651. The third-order valence-corrected chi connectivity index (χ3v) is 4.92. The number of nitrogens with one attached hydrogen (secondary N) is 1. The number of urea groups is 1. The van der Waals surface area contributed by atoms with Gasteiger partial charge >= 0.3 is 12.0 Å². The summed E-state index contributed by atoms with van der Waals surface area (Å²) >= 11 is 4.67. The second-order valence-corrected chi connectivity index (χ2v) is 7.02. The van der Waals surface area contributed by atoms with Gasteiger partial charge in [0.25, 0.3) is 0 Å². The van der Waals surface area contributed by atoms with E-state index in [9.17, 15) is 9.59 Å². The lowest BCUT2D eigenvalue weighted by Gasteiger charge is -2.14. The topological polar surface area (TPSA) is 95.4 Å². The second-order valence-electron chi connectivity index (χ2n) is 5.12. The predicted molar refractivity (Wildman–Crippen MR) is 89.4 cm³/mol. The van der Waals surface area contributed by atoms with Gasteiger partial charge in [0.1, 0.15) is 5.01 Å². The molecule has 120 valence electrons. The molecular formula is C14H13BrN4O3S. The zero-order valence-electron chi connectivity index (χ0n) is 11.9. The molecule has 3 rings (SSSR count). The van der Waals surface area contributed by atoms with Gasteiger partial charge in [0.05, 0.1) is 5.92 Å². The number of carboxylic acids is 1. The number of hydrogen-bond donors (Lipinski definition) is 2. The van der Waals surface area contributed by atoms with Crippen molar-refractivity contribution in [2.45, 2.75) is 6.42 Å². The summed E-state index contributed by atoms with van der Waals surface area (Å²) in [4.78, 5) is 24.6. The third kappa shape index (κ3) is 3.67. The Balaban J connectivity index is 1.65. The lowest BCUT2D eigenvalue weighted by molar-refractivity contribution is -0.141. The largest absolute Gasteiger partial charge is 0.481 e. The highest BCUT2D eigenvalue weighted by Crippen LogP contribution is 2.28. The van der Waals surface area contributed by atoms with Crippen molar-refractivity contribution < 1.29 is 14.7 Å². The summed E-state index contributed by atoms with van der Waals surface area (Å²) in [5, 5.41) is 20.8. The van der Waals surface area contributed by atoms with E-state index in [-0.39, 0.29) is 12.6 Å². The van der Waals surface area contributed by atoms with Crippen LogP contribution in [-0.4, -0.2) is 45.3 Å². The Morgan fingerprint density at radius 1 is 1.39 bits per heavy atom. The molecule has 0 spiro atoms. The molecule has 0 radical (unpaired) electrons. The molecule has 9 heteroatoms. The fourth-order valence-corrected chi connectivity index (χ4v) is 3.46. The first-order chi connectivity index (χ1) is 11.0. The predicted octanol–water partition coefficient (Wildman–Crippen LogP) is 2.91. The van der Waals surface area contributed by atoms with Crippen LogP contribution in [0.5, 0.6) is 0 Å². The number of nitrogens with zero attached hydrogens (tertiary/aromatic N) is 3. The lowest BCUT2D eigenvalue weighted by atomic mass is 10.1. The zero-order valence-corrected chi connectivity index (χ0v) is 14.3. The Bertz CT molecular complexity index is 751. The summed E-state index contributed by atoms with van der Waals surface area (Å²) in [6, 6.07) is 7.30. The number of halogens is 1. The van der Waals surface area contributed by atoms with Crippen molar-refractivity contribution >= 4 is 44.4 Å². The van der Waals surface area contributed by atoms with E-state index in [0.29, 0.717) is 23.1 Å². The second kappa shape index (κ2) is 6.63. The van der Waals surface area contributed by atoms with Crippen LogP contribution in [0.1, 0.15) is 6.42 Å². The van der Waals surface area contributed by atoms with Gasteiger partial charge in [-0.15, -0.1) is 10.2 Å². The van der Waals surface area contributed by atoms with Gasteiger partial charge in [-0.2, -0.15) is 0 Å². The van der Waals surface area contributed by atoms with Crippen LogP contribution in [0, 0.1) is 5.92 Å². The van der Waals surface area contributed by atoms with E-state index in [4.69, 9.17) is 5.11 Å². The van der Waals surface area contributed by atoms with Gasteiger partial charge in [-0.25, -0.2) is 4.79 Å². The Labute approximate surface area is 144 Å². The summed E-state index contributed by atoms with van der Waals surface area (Å²) < 4.78 is 0.938. The molecule has 2 N–H and O–H groups in total. The SMILES string of the molecule is O=C(O)C1CCN(C(=O)Nc2nnc(-c3cccc(Br)c3)s2)C1. The molecule has 1 aliphatic rings. The molecule has 1 aromatic carbocycles. The number of aliphatic carboxylic acids is 1. The molecule has 1 aliphatic heterocycles. The van der Waals surface area contributed by atoms with Gasteiger partial charge in [0.2, 0.25) is 5.13 Å². The quantitative estimate of drug-likeness (QED) is 0.831. The monoisotopic (exact) mass is 396 g/mol. The van der Waals surface area contributed by atoms with Crippen molar-refractivity contribution in [2.75, 3.05) is 18.4 Å². The molecule has 1 aromatic heterocycles. The van der Waals surface area contributed by atoms with Crippen LogP contribution in [0.15, 0.2) is 28.7 Å². The summed E-state index contributed by atoms with van der Waals surface area (Å²) in [5.41, 5.74) is 0.907. The number of likely N-dealkylation sites (tertiary alicyclic amines) is 1. The minimum atomic E-state index is -0.867. The first kappa shape index (κ1) is 15.9. The zero-order chi connectivity index (χ0) is 16.4. The van der Waals surface area contributed by atoms with E-state index in [1.54, 1.807) is 0 Å². The van der Waals surface area contributed by atoms with Crippen molar-refractivity contribution in [1.82, 2.24) is 15.1 Å². The van der Waals surface area contributed by atoms with Gasteiger partial charge in [-0.1, -0.05) is 39.4 Å². The van der Waals surface area contributed by atoms with E-state index < -0.39 is 11.9 Å². The normalized spacial score (nSPS) is 17.3. The number of anilines is 1. The van der Waals surface area contributed by atoms with Crippen molar-refractivity contribution in [3.8, 4) is 10.6 Å². The minimum Gasteiger partial charge on any atom is -0.481 e. The first-order valence-corrected chi connectivity index (χ1v) is 8.52. The molecule has 1 atom stereocenters. The number of hydrogen-bond acceptors (Lipinski definition) is 5. The van der Waals surface area contributed by atoms with E-state index in [1.165, 1.54) is 16.2 Å². The molecule has 1 unspecified atom stereocenters. The average Bonchev–Trinajstić information content (AvgIpc) is 3.16. The van der Waals surface area contributed by atoms with Crippen LogP contribution in [-0.2, 0) is 4.79 Å². The standard InChI is InChI=1S/C14H13BrN4O3S/c15-10-3-1-2-8(6-10)11-17-18-13(23-11)16-14(22)19-5-4-9(7-19)12(20)21/h1-3,6,9H,4-5,7H2,(H,20,21)(H,16,18,22). The smallest absolute Gasteiger partial charge is 0.323 e. The Hall–Kier alpha value is -2.00. The Kier molecular flexibility index (Phi) is 4.58. The van der Waals surface area contributed by atoms with E-state index in [0.717, 1.165) is 10.0 Å². The van der Waals surface area contributed by atoms with Crippen LogP contribution in [0.3, 0.4) is 0 Å². The maximum atomic E-state index is 12.1. The number of aromatic nitrogens is 2. The fourth-order valence-electron chi connectivity index (χ4n) is 2.33. The fraction of sp³-hybridized carbons (Fsp3) is 0.286. The molecule has 1 saturated heterocycles. The molecule has 2 heterocycles.